The van der Waals surface area contributed by atoms with Gasteiger partial charge in [-0.25, -0.2) is 0 Å². The number of carbonyl (C=O) groups excluding carboxylic acids is 3. The number of nitrogens with one attached hydrogen (secondary N) is 2. The van der Waals surface area contributed by atoms with Crippen LogP contribution in [-0.4, -0.2) is 56.2 Å². The van der Waals surface area contributed by atoms with Crippen LogP contribution in [-0.2, 0) is 14.4 Å². The van der Waals surface area contributed by atoms with E-state index in [9.17, 15) is 14.4 Å². The molecule has 0 saturated carbocycles. The van der Waals surface area contributed by atoms with E-state index in [0.717, 1.165) is 0 Å². The lowest BCUT2D eigenvalue weighted by Crippen LogP contribution is -2.46. The highest BCUT2D eigenvalue weighted by Gasteiger charge is 2.23. The maximum absolute atomic E-state index is 11.7. The number of rotatable bonds is 8. The fourth-order valence-electron chi connectivity index (χ4n) is 1.20. The van der Waals surface area contributed by atoms with Gasteiger partial charge >= 0.3 is 0 Å². The van der Waals surface area contributed by atoms with Crippen molar-refractivity contribution < 1.29 is 14.4 Å². The molecule has 1 unspecified atom stereocenters. The van der Waals surface area contributed by atoms with Crippen LogP contribution < -0.4 is 10.6 Å². The third kappa shape index (κ3) is 5.45. The van der Waals surface area contributed by atoms with Crippen molar-refractivity contribution in [1.82, 2.24) is 15.5 Å². The van der Waals surface area contributed by atoms with Crippen molar-refractivity contribution in [2.75, 3.05) is 27.2 Å². The van der Waals surface area contributed by atoms with Gasteiger partial charge in [0.2, 0.25) is 12.3 Å². The molecule has 0 aromatic carbocycles. The third-order valence-corrected chi connectivity index (χ3v) is 2.12. The van der Waals surface area contributed by atoms with Crippen LogP contribution in [0.25, 0.3) is 0 Å². The summed E-state index contributed by atoms with van der Waals surface area (Å²) in [5, 5.41) is 5.53. The van der Waals surface area contributed by atoms with E-state index in [-0.39, 0.29) is 18.1 Å². The molecule has 0 aromatic rings. The average molecular weight is 229 g/mol. The molecule has 0 aliphatic carbocycles. The van der Waals surface area contributed by atoms with Crippen molar-refractivity contribution in [3.05, 3.63) is 0 Å². The number of hydrogen-bond acceptors (Lipinski definition) is 4. The smallest absolute Gasteiger partial charge is 0.243 e. The lowest BCUT2D eigenvalue weighted by Gasteiger charge is -2.22. The fraction of sp³-hybridized carbons (Fsp3) is 0.700. The second kappa shape index (κ2) is 7.81. The molecule has 1 atom stereocenters. The van der Waals surface area contributed by atoms with E-state index in [1.807, 2.05) is 0 Å². The highest BCUT2D eigenvalue weighted by molar-refractivity contribution is 5.89. The highest BCUT2D eigenvalue weighted by Crippen LogP contribution is 2.01. The molecule has 0 fully saturated rings. The first-order chi connectivity index (χ1) is 7.52. The van der Waals surface area contributed by atoms with Gasteiger partial charge < -0.3 is 15.5 Å². The van der Waals surface area contributed by atoms with Crippen LogP contribution in [0.15, 0.2) is 0 Å². The molecule has 0 saturated heterocycles. The Kier molecular flexibility index (Phi) is 7.11. The third-order valence-electron chi connectivity index (χ3n) is 2.12. The van der Waals surface area contributed by atoms with E-state index in [1.165, 1.54) is 18.9 Å². The van der Waals surface area contributed by atoms with Crippen LogP contribution in [0.4, 0.5) is 0 Å². The Morgan fingerprint density at radius 2 is 2.00 bits per heavy atom. The summed E-state index contributed by atoms with van der Waals surface area (Å²) in [5.74, 6) is -0.428. The van der Waals surface area contributed by atoms with Crippen LogP contribution in [0.5, 0.6) is 0 Å². The van der Waals surface area contributed by atoms with Gasteiger partial charge in [0.05, 0.1) is 0 Å². The summed E-state index contributed by atoms with van der Waals surface area (Å²) >= 11 is 0. The van der Waals surface area contributed by atoms with E-state index in [4.69, 9.17) is 0 Å². The molecule has 0 aliphatic rings. The molecule has 0 aliphatic heterocycles. The van der Waals surface area contributed by atoms with Gasteiger partial charge in [0.25, 0.3) is 0 Å². The molecule has 6 heteroatoms. The Morgan fingerprint density at radius 1 is 1.38 bits per heavy atom. The first-order valence-corrected chi connectivity index (χ1v) is 5.12. The molecular weight excluding hydrogens is 210 g/mol. The Balaban J connectivity index is 4.31. The normalized spacial score (nSPS) is 11.7. The Morgan fingerprint density at radius 3 is 2.44 bits per heavy atom. The Bertz CT molecular complexity index is 256. The first-order valence-electron chi connectivity index (χ1n) is 5.12. The molecule has 2 N–H and O–H groups in total. The summed E-state index contributed by atoms with van der Waals surface area (Å²) in [4.78, 5) is 34.4. The van der Waals surface area contributed by atoms with E-state index in [1.54, 1.807) is 7.05 Å². The van der Waals surface area contributed by atoms with Gasteiger partial charge in [-0.15, -0.1) is 0 Å². The second-order valence-electron chi connectivity index (χ2n) is 3.59. The zero-order chi connectivity index (χ0) is 12.6. The molecule has 0 heterocycles. The number of carbonyl (C=O) groups is 3. The van der Waals surface area contributed by atoms with Crippen LogP contribution in [0.2, 0.25) is 0 Å². The van der Waals surface area contributed by atoms with Crippen molar-refractivity contribution in [3.8, 4) is 0 Å². The molecule has 16 heavy (non-hydrogen) atoms. The van der Waals surface area contributed by atoms with Gasteiger partial charge in [-0.3, -0.25) is 14.4 Å². The van der Waals surface area contributed by atoms with Gasteiger partial charge in [-0.1, -0.05) is 0 Å². The monoisotopic (exact) mass is 229 g/mol. The van der Waals surface area contributed by atoms with Crippen LogP contribution in [0.1, 0.15) is 13.3 Å². The summed E-state index contributed by atoms with van der Waals surface area (Å²) in [6, 6.07) is -0.716. The van der Waals surface area contributed by atoms with E-state index in [2.05, 4.69) is 10.6 Å². The maximum Gasteiger partial charge on any atom is 0.243 e. The van der Waals surface area contributed by atoms with Gasteiger partial charge in [-0.2, -0.15) is 0 Å². The Hall–Kier alpha value is -1.43. The minimum atomic E-state index is -0.716. The number of nitrogens with zero attached hydrogens (tertiary/aromatic N) is 1. The predicted octanol–water partition coefficient (Wildman–Crippen LogP) is -1.24. The lowest BCUT2D eigenvalue weighted by molar-refractivity contribution is -0.134. The zero-order valence-corrected chi connectivity index (χ0v) is 9.95. The van der Waals surface area contributed by atoms with Gasteiger partial charge in [0.1, 0.15) is 11.8 Å². The van der Waals surface area contributed by atoms with E-state index >= 15 is 0 Å². The minimum absolute atomic E-state index is 0.0423. The molecule has 0 bridgehead atoms. The van der Waals surface area contributed by atoms with Crippen molar-refractivity contribution in [1.29, 1.82) is 0 Å². The van der Waals surface area contributed by atoms with Gasteiger partial charge in [0.15, 0.2) is 0 Å². The van der Waals surface area contributed by atoms with Gasteiger partial charge in [-0.05, 0) is 14.0 Å². The van der Waals surface area contributed by atoms with Crippen molar-refractivity contribution in [3.63, 3.8) is 0 Å². The van der Waals surface area contributed by atoms with Crippen LogP contribution >= 0.6 is 0 Å². The fourth-order valence-corrected chi connectivity index (χ4v) is 1.20. The predicted molar refractivity (Wildman–Crippen MR) is 59.8 cm³/mol. The highest BCUT2D eigenvalue weighted by atomic mass is 16.2. The number of likely N-dealkylation sites (N-methyl/N-ethyl adjacent to an activating group) is 2. The lowest BCUT2D eigenvalue weighted by atomic mass is 10.1. The standard InChI is InChI=1S/C10H19N3O3/c1-8(15)6-9(13(3)7-14)10(16)12-5-4-11-2/h7,9,11H,4-6H2,1-3H3,(H,12,16). The SMILES string of the molecule is CNCCNC(=O)C(CC(C)=O)N(C)C=O. The quantitative estimate of drug-likeness (QED) is 0.403. The summed E-state index contributed by atoms with van der Waals surface area (Å²) in [7, 11) is 3.26. The molecule has 0 spiro atoms. The summed E-state index contributed by atoms with van der Waals surface area (Å²) < 4.78 is 0. The maximum atomic E-state index is 11.7. The largest absolute Gasteiger partial charge is 0.353 e. The minimum Gasteiger partial charge on any atom is -0.353 e. The number of Topliss-reactive ketones (excluding diaryl/α,β-unsaturated/α-hetero) is 1. The molecule has 0 rings (SSSR count). The van der Waals surface area contributed by atoms with E-state index < -0.39 is 6.04 Å². The topological polar surface area (TPSA) is 78.5 Å². The van der Waals surface area contributed by atoms with Crippen molar-refractivity contribution in [2.45, 2.75) is 19.4 Å². The molecule has 0 aromatic heterocycles. The van der Waals surface area contributed by atoms with E-state index in [0.29, 0.717) is 19.5 Å². The van der Waals surface area contributed by atoms with Crippen LogP contribution in [0, 0.1) is 0 Å². The number of amides is 2. The summed E-state index contributed by atoms with van der Waals surface area (Å²) in [5.41, 5.74) is 0. The summed E-state index contributed by atoms with van der Waals surface area (Å²) in [6.45, 7) is 2.51. The molecule has 2 amide bonds. The zero-order valence-electron chi connectivity index (χ0n) is 9.95. The summed E-state index contributed by atoms with van der Waals surface area (Å²) in [6.07, 6.45) is 0.589. The number of hydrogen-bond donors (Lipinski definition) is 2. The molecular formula is C10H19N3O3. The van der Waals surface area contributed by atoms with Crippen LogP contribution in [0.3, 0.4) is 0 Å². The number of ketones is 1. The molecule has 0 radical (unpaired) electrons. The average Bonchev–Trinajstić information content (AvgIpc) is 2.24. The second-order valence-corrected chi connectivity index (χ2v) is 3.59. The first kappa shape index (κ1) is 14.6. The van der Waals surface area contributed by atoms with Gasteiger partial charge in [0, 0.05) is 26.6 Å². The van der Waals surface area contributed by atoms with Crippen molar-refractivity contribution >= 4 is 18.1 Å². The Labute approximate surface area is 95.4 Å². The molecule has 6 nitrogen and oxygen atoms in total. The molecule has 92 valence electrons. The van der Waals surface area contributed by atoms with Crippen molar-refractivity contribution in [2.24, 2.45) is 0 Å².